The second kappa shape index (κ2) is 5.71. The van der Waals surface area contributed by atoms with Gasteiger partial charge in [-0.2, -0.15) is 0 Å². The number of pyridine rings is 1. The molecule has 0 bridgehead atoms. The molecule has 1 aromatic carbocycles. The summed E-state index contributed by atoms with van der Waals surface area (Å²) in [7, 11) is 0. The van der Waals surface area contributed by atoms with E-state index in [2.05, 4.69) is 17.1 Å². The lowest BCUT2D eigenvalue weighted by Gasteiger charge is -2.05. The normalized spacial score (nSPS) is 14.0. The number of hydrogen-bond acceptors (Lipinski definition) is 4. The monoisotopic (exact) mass is 328 g/mol. The zero-order valence-electron chi connectivity index (χ0n) is 11.7. The van der Waals surface area contributed by atoms with Crippen LogP contribution in [0.2, 0.25) is 5.15 Å². The highest BCUT2D eigenvalue weighted by Crippen LogP contribution is 2.47. The number of aromatic nitrogens is 2. The quantitative estimate of drug-likeness (QED) is 0.591. The van der Waals surface area contributed by atoms with E-state index >= 15 is 0 Å². The van der Waals surface area contributed by atoms with E-state index in [1.165, 1.54) is 12.8 Å². The first-order valence-corrected chi connectivity index (χ1v) is 8.34. The van der Waals surface area contributed by atoms with Crippen LogP contribution >= 0.6 is 22.9 Å². The van der Waals surface area contributed by atoms with Crippen LogP contribution in [0.5, 0.6) is 10.8 Å². The maximum Gasteiger partial charge on any atom is 0.208 e. The molecule has 1 aliphatic carbocycles. The lowest BCUT2D eigenvalue weighted by Crippen LogP contribution is -1.86. The molecular formula is C17H13ClN2OS. The van der Waals surface area contributed by atoms with Crippen molar-refractivity contribution in [3.05, 3.63) is 58.8 Å². The molecule has 0 spiro atoms. The van der Waals surface area contributed by atoms with Gasteiger partial charge in [0, 0.05) is 23.7 Å². The number of thiazole rings is 1. The van der Waals surface area contributed by atoms with Gasteiger partial charge in [-0.25, -0.2) is 9.97 Å². The van der Waals surface area contributed by atoms with Crippen molar-refractivity contribution in [1.29, 1.82) is 0 Å². The third kappa shape index (κ3) is 2.85. The van der Waals surface area contributed by atoms with Crippen LogP contribution in [0.15, 0.2) is 48.7 Å². The van der Waals surface area contributed by atoms with Crippen molar-refractivity contribution in [3.63, 3.8) is 0 Å². The van der Waals surface area contributed by atoms with Crippen LogP contribution in [-0.2, 0) is 0 Å². The van der Waals surface area contributed by atoms with Crippen LogP contribution in [0.25, 0.3) is 11.3 Å². The molecule has 2 aromatic heterocycles. The van der Waals surface area contributed by atoms with Crippen LogP contribution in [0, 0.1) is 0 Å². The number of nitrogens with zero attached hydrogens (tertiary/aromatic N) is 2. The van der Waals surface area contributed by atoms with E-state index < -0.39 is 0 Å². The number of ether oxygens (including phenoxy) is 1. The second-order valence-corrected chi connectivity index (χ2v) is 6.63. The molecule has 5 heteroatoms. The van der Waals surface area contributed by atoms with Gasteiger partial charge >= 0.3 is 0 Å². The molecule has 4 rings (SSSR count). The summed E-state index contributed by atoms with van der Waals surface area (Å²) in [6, 6.07) is 13.7. The molecule has 0 unspecified atom stereocenters. The van der Waals surface area contributed by atoms with Gasteiger partial charge in [0.25, 0.3) is 0 Å². The highest BCUT2D eigenvalue weighted by atomic mass is 35.5. The molecular weight excluding hydrogens is 316 g/mol. The first-order chi connectivity index (χ1) is 10.8. The molecule has 0 saturated heterocycles. The number of benzene rings is 1. The van der Waals surface area contributed by atoms with Crippen molar-refractivity contribution in [3.8, 4) is 22.1 Å². The van der Waals surface area contributed by atoms with Crippen LogP contribution in [0.3, 0.4) is 0 Å². The molecule has 0 radical (unpaired) electrons. The first-order valence-electron chi connectivity index (χ1n) is 7.15. The molecule has 0 aliphatic heterocycles. The predicted octanol–water partition coefficient (Wildman–Crippen LogP) is 5.53. The minimum atomic E-state index is 0.422. The van der Waals surface area contributed by atoms with Gasteiger partial charge in [-0.1, -0.05) is 53.3 Å². The van der Waals surface area contributed by atoms with E-state index in [1.54, 1.807) is 29.7 Å². The lowest BCUT2D eigenvalue weighted by molar-refractivity contribution is 0.496. The fourth-order valence-corrected chi connectivity index (χ4v) is 3.52. The minimum absolute atomic E-state index is 0.422. The summed E-state index contributed by atoms with van der Waals surface area (Å²) in [5.74, 6) is 1.29. The highest BCUT2D eigenvalue weighted by molar-refractivity contribution is 7.14. The molecule has 2 heterocycles. The SMILES string of the molecule is Clc1cc(Oc2sc(C3CC3)nc2-c2ccccc2)ccn1. The summed E-state index contributed by atoms with van der Waals surface area (Å²) in [5, 5.41) is 2.40. The van der Waals surface area contributed by atoms with Crippen molar-refractivity contribution in [2.75, 3.05) is 0 Å². The summed E-state index contributed by atoms with van der Waals surface area (Å²) in [5.41, 5.74) is 1.97. The standard InChI is InChI=1S/C17H13ClN2OS/c18-14-10-13(8-9-19-14)21-17-15(11-4-2-1-3-5-11)20-16(22-17)12-6-7-12/h1-5,8-10,12H,6-7H2. The summed E-state index contributed by atoms with van der Waals surface area (Å²) >= 11 is 7.56. The zero-order valence-corrected chi connectivity index (χ0v) is 13.3. The van der Waals surface area contributed by atoms with E-state index in [0.717, 1.165) is 21.3 Å². The van der Waals surface area contributed by atoms with Gasteiger partial charge in [-0.05, 0) is 18.9 Å². The van der Waals surface area contributed by atoms with Gasteiger partial charge in [0.2, 0.25) is 5.06 Å². The summed E-state index contributed by atoms with van der Waals surface area (Å²) in [6.07, 6.45) is 4.09. The molecule has 0 amide bonds. The van der Waals surface area contributed by atoms with Gasteiger partial charge in [-0.3, -0.25) is 0 Å². The fraction of sp³-hybridized carbons (Fsp3) is 0.176. The molecule has 1 fully saturated rings. The number of halogens is 1. The predicted molar refractivity (Wildman–Crippen MR) is 88.8 cm³/mol. The molecule has 22 heavy (non-hydrogen) atoms. The van der Waals surface area contributed by atoms with Crippen molar-refractivity contribution >= 4 is 22.9 Å². The Balaban J connectivity index is 1.74. The Morgan fingerprint density at radius 3 is 2.68 bits per heavy atom. The largest absolute Gasteiger partial charge is 0.444 e. The van der Waals surface area contributed by atoms with Crippen molar-refractivity contribution < 1.29 is 4.74 Å². The Bertz CT molecular complexity index is 799. The second-order valence-electron chi connectivity index (χ2n) is 5.24. The van der Waals surface area contributed by atoms with Crippen molar-refractivity contribution in [2.45, 2.75) is 18.8 Å². The third-order valence-corrected chi connectivity index (χ3v) is 4.80. The average molecular weight is 329 g/mol. The Hall–Kier alpha value is -1.91. The van der Waals surface area contributed by atoms with E-state index in [1.807, 2.05) is 18.2 Å². The summed E-state index contributed by atoms with van der Waals surface area (Å²) in [4.78, 5) is 8.78. The van der Waals surface area contributed by atoms with Gasteiger partial charge in [0.05, 0.1) is 0 Å². The van der Waals surface area contributed by atoms with Crippen LogP contribution in [0.1, 0.15) is 23.8 Å². The average Bonchev–Trinajstić information content (AvgIpc) is 3.30. The van der Waals surface area contributed by atoms with Crippen molar-refractivity contribution in [2.24, 2.45) is 0 Å². The minimum Gasteiger partial charge on any atom is -0.444 e. The third-order valence-electron chi connectivity index (χ3n) is 3.50. The van der Waals surface area contributed by atoms with Crippen LogP contribution < -0.4 is 4.74 Å². The Morgan fingerprint density at radius 1 is 1.14 bits per heavy atom. The topological polar surface area (TPSA) is 35.0 Å². The van der Waals surface area contributed by atoms with Gasteiger partial charge in [-0.15, -0.1) is 0 Å². The summed E-state index contributed by atoms with van der Waals surface area (Å²) in [6.45, 7) is 0. The molecule has 0 N–H and O–H groups in total. The molecule has 1 aliphatic rings. The molecule has 0 atom stereocenters. The summed E-state index contributed by atoms with van der Waals surface area (Å²) < 4.78 is 6.03. The van der Waals surface area contributed by atoms with E-state index in [4.69, 9.17) is 21.3 Å². The Labute approximate surface area is 137 Å². The lowest BCUT2D eigenvalue weighted by atomic mass is 10.2. The van der Waals surface area contributed by atoms with E-state index in [9.17, 15) is 0 Å². The van der Waals surface area contributed by atoms with E-state index in [0.29, 0.717) is 16.8 Å². The Kier molecular flexibility index (Phi) is 3.56. The van der Waals surface area contributed by atoms with Gasteiger partial charge in [0.1, 0.15) is 21.6 Å². The zero-order chi connectivity index (χ0) is 14.9. The molecule has 1 saturated carbocycles. The number of hydrogen-bond donors (Lipinski definition) is 0. The van der Waals surface area contributed by atoms with Gasteiger partial charge in [0.15, 0.2) is 0 Å². The smallest absolute Gasteiger partial charge is 0.208 e. The highest BCUT2D eigenvalue weighted by Gasteiger charge is 2.29. The van der Waals surface area contributed by atoms with Crippen LogP contribution in [0.4, 0.5) is 0 Å². The van der Waals surface area contributed by atoms with Crippen molar-refractivity contribution in [1.82, 2.24) is 9.97 Å². The Morgan fingerprint density at radius 2 is 1.95 bits per heavy atom. The van der Waals surface area contributed by atoms with Gasteiger partial charge < -0.3 is 4.74 Å². The molecule has 3 nitrogen and oxygen atoms in total. The molecule has 3 aromatic rings. The maximum atomic E-state index is 6.03. The first kappa shape index (κ1) is 13.7. The molecule has 110 valence electrons. The maximum absolute atomic E-state index is 6.03. The van der Waals surface area contributed by atoms with Crippen LogP contribution in [-0.4, -0.2) is 9.97 Å². The fourth-order valence-electron chi connectivity index (χ4n) is 2.23. The number of rotatable bonds is 4. The van der Waals surface area contributed by atoms with E-state index in [-0.39, 0.29) is 0 Å².